The van der Waals surface area contributed by atoms with E-state index >= 15 is 0 Å². The van der Waals surface area contributed by atoms with E-state index in [0.29, 0.717) is 0 Å². The van der Waals surface area contributed by atoms with E-state index in [1.54, 1.807) is 0 Å². The Balaban J connectivity index is 3.06. The van der Waals surface area contributed by atoms with Crippen molar-refractivity contribution in [2.45, 2.75) is 0 Å². The predicted molar refractivity (Wildman–Crippen MR) is 36.9 cm³/mol. The molecule has 0 bridgehead atoms. The molecule has 0 saturated heterocycles. The summed E-state index contributed by atoms with van der Waals surface area (Å²) in [6.45, 7) is 0. The second kappa shape index (κ2) is 2.34. The average Bonchev–Trinajstić information content (AvgIpc) is 1.90. The van der Waals surface area contributed by atoms with Gasteiger partial charge in [0.2, 0.25) is 0 Å². The molecule has 1 aromatic rings. The quantitative estimate of drug-likeness (QED) is 0.481. The van der Waals surface area contributed by atoms with Crippen LogP contribution in [0, 0.1) is 12.3 Å². The van der Waals surface area contributed by atoms with E-state index in [1.807, 2.05) is 24.3 Å². The lowest BCUT2D eigenvalue weighted by Gasteiger charge is -1.86. The minimum atomic E-state index is 0.905. The molecule has 1 nitrogen and oxygen atoms in total. The first-order valence-electron chi connectivity index (χ1n) is 2.71. The van der Waals surface area contributed by atoms with Gasteiger partial charge in [0.25, 0.3) is 0 Å². The van der Waals surface area contributed by atoms with Crippen LogP contribution in [0.25, 0.3) is 0 Å². The Hall–Kier alpha value is -1.26. The van der Waals surface area contributed by atoms with E-state index in [9.17, 15) is 0 Å². The summed E-state index contributed by atoms with van der Waals surface area (Å²) >= 11 is 0. The summed E-state index contributed by atoms with van der Waals surface area (Å²) in [7, 11) is 0. The number of hydrogen-bond acceptors (Lipinski definition) is 0. The highest BCUT2D eigenvalue weighted by Gasteiger charge is 1.86. The van der Waals surface area contributed by atoms with Crippen molar-refractivity contribution in [3.63, 3.8) is 0 Å². The van der Waals surface area contributed by atoms with E-state index in [4.69, 9.17) is 6.42 Å². The zero-order valence-corrected chi connectivity index (χ0v) is 5.09. The van der Waals surface area contributed by atoms with Crippen LogP contribution in [0.4, 0.5) is 5.69 Å². The van der Waals surface area contributed by atoms with Crippen molar-refractivity contribution < 1.29 is 5.73 Å². The molecule has 1 rings (SSSR count). The smallest absolute Gasteiger partial charge is 0.127 e. The third-order valence-electron chi connectivity index (χ3n) is 1.12. The molecule has 0 saturated carbocycles. The maximum absolute atomic E-state index is 5.13. The van der Waals surface area contributed by atoms with Crippen LogP contribution in [0.15, 0.2) is 24.3 Å². The van der Waals surface area contributed by atoms with Crippen molar-refractivity contribution in [2.24, 2.45) is 0 Å². The summed E-state index contributed by atoms with van der Waals surface area (Å²) in [6, 6.07) is 7.55. The Morgan fingerprint density at radius 2 is 1.78 bits per heavy atom. The highest BCUT2D eigenvalue weighted by Crippen LogP contribution is 2.00. The number of terminal acetylenes is 1. The lowest BCUT2D eigenvalue weighted by Crippen LogP contribution is -2.39. The van der Waals surface area contributed by atoms with Gasteiger partial charge < -0.3 is 5.73 Å². The number of rotatable bonds is 0. The summed E-state index contributed by atoms with van der Waals surface area (Å²) < 4.78 is 0. The fourth-order valence-electron chi connectivity index (χ4n) is 0.601. The van der Waals surface area contributed by atoms with Crippen molar-refractivity contribution in [1.82, 2.24) is 0 Å². The Kier molecular flexibility index (Phi) is 1.53. The van der Waals surface area contributed by atoms with Crippen LogP contribution in [0.2, 0.25) is 0 Å². The molecule has 0 aliphatic carbocycles. The van der Waals surface area contributed by atoms with Crippen LogP contribution < -0.4 is 5.73 Å². The van der Waals surface area contributed by atoms with E-state index < -0.39 is 0 Å². The standard InChI is InChI=1S/C8H7N/c1-2-7-3-5-8(9)6-4-7/h1,3-6H,9H2/p+1. The minimum Gasteiger partial charge on any atom is -0.325 e. The Bertz CT molecular complexity index is 228. The topological polar surface area (TPSA) is 27.6 Å². The van der Waals surface area contributed by atoms with E-state index in [-0.39, 0.29) is 0 Å². The summed E-state index contributed by atoms with van der Waals surface area (Å²) in [4.78, 5) is 0. The van der Waals surface area contributed by atoms with Gasteiger partial charge in [0, 0.05) is 17.7 Å². The van der Waals surface area contributed by atoms with Crippen LogP contribution in [0.1, 0.15) is 5.56 Å². The first-order chi connectivity index (χ1) is 4.33. The van der Waals surface area contributed by atoms with E-state index in [2.05, 4.69) is 11.7 Å². The second-order valence-corrected chi connectivity index (χ2v) is 1.84. The third kappa shape index (κ3) is 1.31. The van der Waals surface area contributed by atoms with Gasteiger partial charge in [-0.3, -0.25) is 0 Å². The van der Waals surface area contributed by atoms with Crippen molar-refractivity contribution in [2.75, 3.05) is 0 Å². The molecule has 0 radical (unpaired) electrons. The molecular weight excluding hydrogens is 110 g/mol. The van der Waals surface area contributed by atoms with Gasteiger partial charge >= 0.3 is 0 Å². The van der Waals surface area contributed by atoms with Gasteiger partial charge in [0.15, 0.2) is 0 Å². The molecule has 0 amide bonds. The zero-order chi connectivity index (χ0) is 6.69. The Morgan fingerprint density at radius 1 is 1.22 bits per heavy atom. The normalized spacial score (nSPS) is 8.44. The third-order valence-corrected chi connectivity index (χ3v) is 1.12. The van der Waals surface area contributed by atoms with Crippen molar-refractivity contribution in [1.29, 1.82) is 0 Å². The van der Waals surface area contributed by atoms with Crippen molar-refractivity contribution in [3.8, 4) is 12.3 Å². The average molecular weight is 118 g/mol. The Labute approximate surface area is 54.5 Å². The SMILES string of the molecule is C#Cc1ccc([NH3+])cc1. The highest BCUT2D eigenvalue weighted by atomic mass is 14.5. The van der Waals surface area contributed by atoms with Gasteiger partial charge in [-0.1, -0.05) is 5.92 Å². The first-order valence-corrected chi connectivity index (χ1v) is 2.71. The molecule has 0 aromatic heterocycles. The van der Waals surface area contributed by atoms with Crippen molar-refractivity contribution in [3.05, 3.63) is 29.8 Å². The van der Waals surface area contributed by atoms with Gasteiger partial charge in [-0.15, -0.1) is 6.42 Å². The van der Waals surface area contributed by atoms with Crippen LogP contribution in [-0.4, -0.2) is 0 Å². The molecule has 44 valence electrons. The van der Waals surface area contributed by atoms with Crippen LogP contribution >= 0.6 is 0 Å². The van der Waals surface area contributed by atoms with E-state index in [1.165, 1.54) is 0 Å². The predicted octanol–water partition coefficient (Wildman–Crippen LogP) is 0.541. The summed E-state index contributed by atoms with van der Waals surface area (Å²) in [6.07, 6.45) is 5.13. The fraction of sp³-hybridized carbons (Fsp3) is 0. The van der Waals surface area contributed by atoms with Gasteiger partial charge in [0.1, 0.15) is 5.69 Å². The number of hydrogen-bond donors (Lipinski definition) is 1. The molecule has 0 heterocycles. The van der Waals surface area contributed by atoms with Gasteiger partial charge in [-0.25, -0.2) is 0 Å². The van der Waals surface area contributed by atoms with Gasteiger partial charge in [-0.2, -0.15) is 0 Å². The van der Waals surface area contributed by atoms with Crippen molar-refractivity contribution >= 4 is 5.69 Å². The molecule has 0 aliphatic rings. The molecular formula is C8H8N+. The van der Waals surface area contributed by atoms with Crippen LogP contribution in [0.3, 0.4) is 0 Å². The maximum atomic E-state index is 5.13. The van der Waals surface area contributed by atoms with E-state index in [0.717, 1.165) is 11.3 Å². The molecule has 1 aromatic carbocycles. The number of benzene rings is 1. The van der Waals surface area contributed by atoms with Crippen LogP contribution in [-0.2, 0) is 0 Å². The molecule has 0 spiro atoms. The summed E-state index contributed by atoms with van der Waals surface area (Å²) in [5.74, 6) is 2.53. The fourth-order valence-corrected chi connectivity index (χ4v) is 0.601. The molecule has 9 heavy (non-hydrogen) atoms. The summed E-state index contributed by atoms with van der Waals surface area (Å²) in [5.41, 5.74) is 5.63. The Morgan fingerprint density at radius 3 is 2.22 bits per heavy atom. The van der Waals surface area contributed by atoms with Gasteiger partial charge in [-0.05, 0) is 12.1 Å². The molecule has 1 heteroatoms. The first kappa shape index (κ1) is 5.87. The highest BCUT2D eigenvalue weighted by molar-refractivity contribution is 5.38. The lowest BCUT2D eigenvalue weighted by molar-refractivity contribution is -0.254. The maximum Gasteiger partial charge on any atom is 0.127 e. The largest absolute Gasteiger partial charge is 0.325 e. The lowest BCUT2D eigenvalue weighted by atomic mass is 10.2. The molecule has 0 atom stereocenters. The number of quaternary nitrogens is 1. The summed E-state index contributed by atoms with van der Waals surface area (Å²) in [5, 5.41) is 0. The molecule has 0 unspecified atom stereocenters. The molecule has 0 fully saturated rings. The second-order valence-electron chi connectivity index (χ2n) is 1.84. The monoisotopic (exact) mass is 118 g/mol. The zero-order valence-electron chi connectivity index (χ0n) is 5.09. The van der Waals surface area contributed by atoms with Crippen LogP contribution in [0.5, 0.6) is 0 Å². The van der Waals surface area contributed by atoms with Gasteiger partial charge in [0.05, 0.1) is 0 Å². The molecule has 0 aliphatic heterocycles. The minimum absolute atomic E-state index is 0.905. The molecule has 3 N–H and O–H groups in total.